The highest BCUT2D eigenvalue weighted by molar-refractivity contribution is 5.74. The van der Waals surface area contributed by atoms with E-state index in [2.05, 4.69) is 15.4 Å². The van der Waals surface area contributed by atoms with E-state index in [0.29, 0.717) is 12.5 Å². The number of nitrogens with one attached hydrogen (secondary N) is 1. The second kappa shape index (κ2) is 6.82. The number of piperidine rings is 1. The van der Waals surface area contributed by atoms with Crippen LogP contribution >= 0.6 is 0 Å². The number of likely N-dealkylation sites (tertiary alicyclic amines) is 1. The maximum absolute atomic E-state index is 13.3. The van der Waals surface area contributed by atoms with Crippen LogP contribution in [0.1, 0.15) is 43.2 Å². The zero-order chi connectivity index (χ0) is 17.2. The van der Waals surface area contributed by atoms with Gasteiger partial charge in [0.2, 0.25) is 0 Å². The molecule has 7 heteroatoms. The molecule has 2 aromatic rings. The summed E-state index contributed by atoms with van der Waals surface area (Å²) in [5.41, 5.74) is 1.02. The highest BCUT2D eigenvalue weighted by atomic mass is 19.1. The second-order valence-electron chi connectivity index (χ2n) is 6.99. The molecule has 0 bridgehead atoms. The van der Waals surface area contributed by atoms with Crippen molar-refractivity contribution in [2.24, 2.45) is 0 Å². The van der Waals surface area contributed by atoms with Gasteiger partial charge in [0, 0.05) is 19.1 Å². The number of aromatic nitrogens is 3. The van der Waals surface area contributed by atoms with E-state index in [-0.39, 0.29) is 23.9 Å². The Hall–Kier alpha value is -2.44. The summed E-state index contributed by atoms with van der Waals surface area (Å²) in [6, 6.07) is 7.12. The lowest BCUT2D eigenvalue weighted by molar-refractivity contribution is 0.152. The SMILES string of the molecule is O=C(NC1CC(c2cccc(F)c2)C1)N1CCC[C@H](n2cncn2)C1. The van der Waals surface area contributed by atoms with Crippen molar-refractivity contribution in [3.8, 4) is 0 Å². The van der Waals surface area contributed by atoms with Crippen molar-refractivity contribution >= 4 is 6.03 Å². The molecule has 0 radical (unpaired) electrons. The Morgan fingerprint density at radius 2 is 2.20 bits per heavy atom. The quantitative estimate of drug-likeness (QED) is 0.932. The molecule has 1 N–H and O–H groups in total. The minimum atomic E-state index is -0.197. The van der Waals surface area contributed by atoms with Gasteiger partial charge in [-0.15, -0.1) is 0 Å². The van der Waals surface area contributed by atoms with Crippen molar-refractivity contribution in [2.45, 2.75) is 43.7 Å². The molecule has 2 amide bonds. The largest absolute Gasteiger partial charge is 0.335 e. The predicted octanol–water partition coefficient (Wildman–Crippen LogP) is 2.71. The van der Waals surface area contributed by atoms with Crippen molar-refractivity contribution < 1.29 is 9.18 Å². The van der Waals surface area contributed by atoms with Crippen LogP contribution in [0.4, 0.5) is 9.18 Å². The van der Waals surface area contributed by atoms with Crippen LogP contribution in [0.15, 0.2) is 36.9 Å². The lowest BCUT2D eigenvalue weighted by Gasteiger charge is -2.39. The molecule has 1 aliphatic heterocycles. The van der Waals surface area contributed by atoms with Crippen molar-refractivity contribution in [1.29, 1.82) is 0 Å². The van der Waals surface area contributed by atoms with Gasteiger partial charge >= 0.3 is 6.03 Å². The fourth-order valence-electron chi connectivity index (χ4n) is 3.80. The molecule has 1 aliphatic carbocycles. The fraction of sp³-hybridized carbons (Fsp3) is 0.500. The molecule has 1 aromatic carbocycles. The molecule has 132 valence electrons. The summed E-state index contributed by atoms with van der Waals surface area (Å²) in [7, 11) is 0. The van der Waals surface area contributed by atoms with E-state index in [4.69, 9.17) is 0 Å². The average Bonchev–Trinajstić information content (AvgIpc) is 3.12. The first-order valence-electron chi connectivity index (χ1n) is 8.84. The van der Waals surface area contributed by atoms with Gasteiger partial charge in [-0.05, 0) is 49.3 Å². The summed E-state index contributed by atoms with van der Waals surface area (Å²) in [5.74, 6) is 0.141. The van der Waals surface area contributed by atoms with Crippen LogP contribution in [-0.2, 0) is 0 Å². The first-order valence-corrected chi connectivity index (χ1v) is 8.84. The van der Waals surface area contributed by atoms with Gasteiger partial charge in [0.25, 0.3) is 0 Å². The summed E-state index contributed by atoms with van der Waals surface area (Å²) in [6.45, 7) is 1.44. The van der Waals surface area contributed by atoms with Crippen molar-refractivity contribution in [3.63, 3.8) is 0 Å². The summed E-state index contributed by atoms with van der Waals surface area (Å²) >= 11 is 0. The number of hydrogen-bond donors (Lipinski definition) is 1. The minimum absolute atomic E-state index is 0.00694. The van der Waals surface area contributed by atoms with Gasteiger partial charge in [-0.2, -0.15) is 5.10 Å². The third kappa shape index (κ3) is 3.50. The molecular weight excluding hydrogens is 321 g/mol. The zero-order valence-corrected chi connectivity index (χ0v) is 14.0. The van der Waals surface area contributed by atoms with E-state index >= 15 is 0 Å². The maximum Gasteiger partial charge on any atom is 0.317 e. The first kappa shape index (κ1) is 16.1. The third-order valence-corrected chi connectivity index (χ3v) is 5.28. The molecule has 1 atom stereocenters. The average molecular weight is 343 g/mol. The lowest BCUT2D eigenvalue weighted by Crippen LogP contribution is -2.51. The van der Waals surface area contributed by atoms with Gasteiger partial charge in [0.05, 0.1) is 6.04 Å². The summed E-state index contributed by atoms with van der Waals surface area (Å²) in [5, 5.41) is 7.30. The lowest BCUT2D eigenvalue weighted by atomic mass is 9.76. The normalized spacial score (nSPS) is 26.1. The molecule has 1 saturated heterocycles. The van der Waals surface area contributed by atoms with E-state index < -0.39 is 0 Å². The Morgan fingerprint density at radius 3 is 2.96 bits per heavy atom. The van der Waals surface area contributed by atoms with Crippen LogP contribution in [0.2, 0.25) is 0 Å². The number of rotatable bonds is 3. The Labute approximate surface area is 146 Å². The molecule has 1 aromatic heterocycles. The molecule has 2 aliphatic rings. The Balaban J connectivity index is 1.28. The number of halogens is 1. The number of benzene rings is 1. The standard InChI is InChI=1S/C18H22FN5O/c19-15-4-1-3-13(7-15)14-8-16(9-14)22-18(25)23-6-2-5-17(10-23)24-12-20-11-21-24/h1,3-4,7,11-12,14,16-17H,2,5-6,8-10H2,(H,22,25)/t14?,16?,17-/m0/s1. The van der Waals surface area contributed by atoms with Crippen molar-refractivity contribution in [2.75, 3.05) is 13.1 Å². The van der Waals surface area contributed by atoms with E-state index in [1.807, 2.05) is 15.6 Å². The van der Waals surface area contributed by atoms with E-state index in [0.717, 1.165) is 37.8 Å². The monoisotopic (exact) mass is 343 g/mol. The van der Waals surface area contributed by atoms with Gasteiger partial charge in [-0.25, -0.2) is 18.9 Å². The number of hydrogen-bond acceptors (Lipinski definition) is 3. The van der Waals surface area contributed by atoms with Gasteiger partial charge in [-0.1, -0.05) is 12.1 Å². The number of carbonyl (C=O) groups excluding carboxylic acids is 1. The van der Waals surface area contributed by atoms with Crippen LogP contribution in [0.5, 0.6) is 0 Å². The third-order valence-electron chi connectivity index (χ3n) is 5.28. The smallest absolute Gasteiger partial charge is 0.317 e. The summed E-state index contributed by atoms with van der Waals surface area (Å²) in [6.07, 6.45) is 6.96. The Bertz CT molecular complexity index is 729. The van der Waals surface area contributed by atoms with Crippen LogP contribution in [0.25, 0.3) is 0 Å². The van der Waals surface area contributed by atoms with Crippen molar-refractivity contribution in [1.82, 2.24) is 25.0 Å². The minimum Gasteiger partial charge on any atom is -0.335 e. The molecule has 2 fully saturated rings. The fourth-order valence-corrected chi connectivity index (χ4v) is 3.80. The van der Waals surface area contributed by atoms with E-state index in [9.17, 15) is 9.18 Å². The van der Waals surface area contributed by atoms with Gasteiger partial charge in [-0.3, -0.25) is 0 Å². The van der Waals surface area contributed by atoms with Gasteiger partial charge in [0.15, 0.2) is 0 Å². The number of urea groups is 1. The zero-order valence-electron chi connectivity index (χ0n) is 14.0. The predicted molar refractivity (Wildman–Crippen MR) is 90.6 cm³/mol. The molecule has 0 unspecified atom stereocenters. The Morgan fingerprint density at radius 1 is 1.32 bits per heavy atom. The van der Waals surface area contributed by atoms with E-state index in [1.54, 1.807) is 18.5 Å². The van der Waals surface area contributed by atoms with Crippen LogP contribution in [-0.4, -0.2) is 44.8 Å². The molecule has 25 heavy (non-hydrogen) atoms. The molecule has 6 nitrogen and oxygen atoms in total. The second-order valence-corrected chi connectivity index (χ2v) is 6.99. The molecule has 1 saturated carbocycles. The number of nitrogens with zero attached hydrogens (tertiary/aromatic N) is 4. The molecule has 4 rings (SSSR count). The highest BCUT2D eigenvalue weighted by Crippen LogP contribution is 2.37. The molecule has 0 spiro atoms. The first-order chi connectivity index (χ1) is 12.2. The topological polar surface area (TPSA) is 63.1 Å². The van der Waals surface area contributed by atoms with Gasteiger partial charge < -0.3 is 10.2 Å². The van der Waals surface area contributed by atoms with Gasteiger partial charge in [0.1, 0.15) is 18.5 Å². The summed E-state index contributed by atoms with van der Waals surface area (Å²) in [4.78, 5) is 18.4. The maximum atomic E-state index is 13.3. The van der Waals surface area contributed by atoms with Crippen LogP contribution < -0.4 is 5.32 Å². The van der Waals surface area contributed by atoms with E-state index in [1.165, 1.54) is 12.4 Å². The summed E-state index contributed by atoms with van der Waals surface area (Å²) < 4.78 is 15.1. The number of carbonyl (C=O) groups is 1. The highest BCUT2D eigenvalue weighted by Gasteiger charge is 2.33. The van der Waals surface area contributed by atoms with Crippen LogP contribution in [0.3, 0.4) is 0 Å². The Kier molecular flexibility index (Phi) is 4.38. The van der Waals surface area contributed by atoms with Crippen LogP contribution in [0, 0.1) is 5.82 Å². The molecule has 2 heterocycles. The van der Waals surface area contributed by atoms with Crippen molar-refractivity contribution in [3.05, 3.63) is 48.3 Å². The molecular formula is C18H22FN5O. The number of amides is 2.